The zero-order valence-corrected chi connectivity index (χ0v) is 44.7. The summed E-state index contributed by atoms with van der Waals surface area (Å²) in [7, 11) is 0. The number of carbonyl (C=O) groups excluding carboxylic acids is 9. The third kappa shape index (κ3) is 17.3. The average Bonchev–Trinajstić information content (AvgIpc) is 4.08. The van der Waals surface area contributed by atoms with Gasteiger partial charge in [-0.2, -0.15) is 0 Å². The smallest absolute Gasteiger partial charge is 0.246 e. The van der Waals surface area contributed by atoms with Gasteiger partial charge in [-0.3, -0.25) is 43.2 Å². The summed E-state index contributed by atoms with van der Waals surface area (Å²) in [4.78, 5) is 133. The SMILES string of the molecule is CC(C)C[C@@H]1NC(=O)[C@H](CCCN)NC(=O)[C@H](C(C)C)NC(=O)[C@@H]2CCCN2C(=O)[C@@H](Cc2ccccc2)NC(=O)[C@H](CC(C)C)NC(=O)[C@H](CCCN)NC(=O)[C@@H]2CCCN2C(=O)[C@@H](Cc2ccccc2)NC1=O. The van der Waals surface area contributed by atoms with Crippen molar-refractivity contribution in [2.75, 3.05) is 26.2 Å². The molecule has 0 saturated carbocycles. The van der Waals surface area contributed by atoms with E-state index in [0.29, 0.717) is 25.7 Å². The molecule has 9 amide bonds. The van der Waals surface area contributed by atoms with Gasteiger partial charge >= 0.3 is 0 Å². The first-order chi connectivity index (χ1) is 35.8. The summed E-state index contributed by atoms with van der Waals surface area (Å²) in [5.74, 6) is -6.27. The third-order valence-electron chi connectivity index (χ3n) is 14.1. The van der Waals surface area contributed by atoms with E-state index in [4.69, 9.17) is 11.5 Å². The fourth-order valence-corrected chi connectivity index (χ4v) is 10.1. The van der Waals surface area contributed by atoms with Crippen molar-refractivity contribution in [3.8, 4) is 0 Å². The lowest BCUT2D eigenvalue weighted by Gasteiger charge is -2.32. The van der Waals surface area contributed by atoms with Crippen LogP contribution in [0.5, 0.6) is 0 Å². The minimum atomic E-state index is -1.19. The second-order valence-corrected chi connectivity index (χ2v) is 21.5. The highest BCUT2D eigenvalue weighted by Crippen LogP contribution is 2.23. The molecule has 412 valence electrons. The van der Waals surface area contributed by atoms with Crippen LogP contribution in [0.2, 0.25) is 0 Å². The van der Waals surface area contributed by atoms with Crippen molar-refractivity contribution >= 4 is 53.2 Å². The molecule has 0 spiro atoms. The summed E-state index contributed by atoms with van der Waals surface area (Å²) in [5.41, 5.74) is 13.3. The van der Waals surface area contributed by atoms with Crippen LogP contribution in [0.3, 0.4) is 0 Å². The van der Waals surface area contributed by atoms with Crippen LogP contribution < -0.4 is 48.7 Å². The molecule has 11 N–H and O–H groups in total. The van der Waals surface area contributed by atoms with Crippen LogP contribution in [0.1, 0.15) is 117 Å². The molecule has 75 heavy (non-hydrogen) atoms. The molecule has 0 unspecified atom stereocenters. The number of benzene rings is 2. The van der Waals surface area contributed by atoms with Crippen molar-refractivity contribution in [1.29, 1.82) is 0 Å². The predicted octanol–water partition coefficient (Wildman–Crippen LogP) is 1.09. The maximum absolute atomic E-state index is 14.8. The summed E-state index contributed by atoms with van der Waals surface area (Å²) in [6.45, 7) is 11.8. The molecule has 0 aromatic heterocycles. The number of fused-ring (bicyclic) bond motifs is 2. The van der Waals surface area contributed by atoms with Gasteiger partial charge in [-0.05, 0) is 106 Å². The van der Waals surface area contributed by atoms with Crippen LogP contribution in [0, 0.1) is 17.8 Å². The highest BCUT2D eigenvalue weighted by atomic mass is 16.2. The van der Waals surface area contributed by atoms with Crippen molar-refractivity contribution in [2.45, 2.75) is 173 Å². The zero-order valence-electron chi connectivity index (χ0n) is 44.7. The molecule has 0 bridgehead atoms. The van der Waals surface area contributed by atoms with Crippen LogP contribution in [-0.4, -0.2) is 144 Å². The van der Waals surface area contributed by atoms with Crippen molar-refractivity contribution in [2.24, 2.45) is 29.2 Å². The fraction of sp³-hybridized carbons (Fsp3) is 0.618. The zero-order chi connectivity index (χ0) is 54.8. The average molecular weight is 1040 g/mol. The van der Waals surface area contributed by atoms with Gasteiger partial charge in [0, 0.05) is 25.9 Å². The van der Waals surface area contributed by atoms with Crippen LogP contribution >= 0.6 is 0 Å². The molecule has 3 heterocycles. The Kier molecular flexibility index (Phi) is 23.0. The van der Waals surface area contributed by atoms with E-state index in [1.165, 1.54) is 9.80 Å². The Labute approximate surface area is 442 Å². The second-order valence-electron chi connectivity index (χ2n) is 21.5. The van der Waals surface area contributed by atoms with Crippen LogP contribution in [0.25, 0.3) is 0 Å². The van der Waals surface area contributed by atoms with Gasteiger partial charge in [-0.15, -0.1) is 0 Å². The minimum absolute atomic E-state index is 0.0490. The molecule has 2 aromatic carbocycles. The lowest BCUT2D eigenvalue weighted by Crippen LogP contribution is -2.61. The van der Waals surface area contributed by atoms with Crippen LogP contribution in [0.15, 0.2) is 60.7 Å². The van der Waals surface area contributed by atoms with Gasteiger partial charge in [-0.25, -0.2) is 0 Å². The molecule has 3 aliphatic heterocycles. The minimum Gasteiger partial charge on any atom is -0.343 e. The second kappa shape index (κ2) is 29.0. The molecule has 2 aromatic rings. The van der Waals surface area contributed by atoms with E-state index >= 15 is 0 Å². The standard InChI is InChI=1S/C55H83N11O9/c1-33(2)29-40-49(69)63-43(32-37-19-11-8-12-20-37)55(75)66-28-16-24-45(66)52(72)64-46(35(5)6)53(73)59-39(22-14-26-57)48(68)61-41(30-34(3)4)50(70)62-42(31-36-17-9-7-10-18-36)54(74)65-27-15-23-44(65)51(71)58-38(21-13-25-56)47(67)60-40/h7-12,17-20,33-35,38-46H,13-16,21-32,56-57H2,1-6H3,(H,58,71)(H,59,73)(H,60,67)(H,61,68)(H,62,70)(H,63,69)(H,64,72)/t38-,39-,40-,41-,42+,43+,44-,45-,46-/m0/s1. The highest BCUT2D eigenvalue weighted by Gasteiger charge is 2.43. The van der Waals surface area contributed by atoms with Crippen molar-refractivity contribution in [3.63, 3.8) is 0 Å². The molecule has 3 fully saturated rings. The first-order valence-electron chi connectivity index (χ1n) is 27.0. The molecular weight excluding hydrogens is 959 g/mol. The van der Waals surface area contributed by atoms with Gasteiger partial charge in [0.05, 0.1) is 0 Å². The summed E-state index contributed by atoms with van der Waals surface area (Å²) < 4.78 is 0. The summed E-state index contributed by atoms with van der Waals surface area (Å²) in [6.07, 6.45) is 2.76. The van der Waals surface area contributed by atoms with Crippen molar-refractivity contribution < 1.29 is 43.2 Å². The Hall–Kier alpha value is -6.41. The summed E-state index contributed by atoms with van der Waals surface area (Å²) in [5, 5.41) is 20.1. The number of nitrogens with zero attached hydrogens (tertiary/aromatic N) is 2. The lowest BCUT2D eigenvalue weighted by molar-refractivity contribution is -0.143. The van der Waals surface area contributed by atoms with Gasteiger partial charge in [-0.1, -0.05) is 102 Å². The maximum Gasteiger partial charge on any atom is 0.246 e. The Bertz CT molecular complexity index is 2270. The van der Waals surface area contributed by atoms with E-state index in [1.807, 2.05) is 76.2 Å². The van der Waals surface area contributed by atoms with Gasteiger partial charge in [0.1, 0.15) is 54.4 Å². The molecule has 3 saturated heterocycles. The molecule has 9 atom stereocenters. The maximum atomic E-state index is 14.8. The van der Waals surface area contributed by atoms with Gasteiger partial charge in [0.25, 0.3) is 0 Å². The quantitative estimate of drug-likeness (QED) is 0.122. The number of rotatable bonds is 15. The van der Waals surface area contributed by atoms with E-state index in [0.717, 1.165) is 11.1 Å². The summed E-state index contributed by atoms with van der Waals surface area (Å²) >= 11 is 0. The van der Waals surface area contributed by atoms with Crippen molar-refractivity contribution in [3.05, 3.63) is 71.8 Å². The fourth-order valence-electron chi connectivity index (χ4n) is 10.1. The first-order valence-corrected chi connectivity index (χ1v) is 27.0. The van der Waals surface area contributed by atoms with Gasteiger partial charge in [0.2, 0.25) is 53.2 Å². The number of nitrogens with two attached hydrogens (primary N) is 2. The number of hydrogen-bond acceptors (Lipinski definition) is 11. The van der Waals surface area contributed by atoms with E-state index in [9.17, 15) is 43.2 Å². The molecule has 20 nitrogen and oxygen atoms in total. The molecule has 0 aliphatic carbocycles. The van der Waals surface area contributed by atoms with E-state index in [-0.39, 0.29) is 89.4 Å². The first kappa shape index (κ1) is 59.5. The Morgan fingerprint density at radius 2 is 0.800 bits per heavy atom. The van der Waals surface area contributed by atoms with E-state index in [1.54, 1.807) is 26.0 Å². The number of carbonyl (C=O) groups is 9. The molecule has 20 heteroatoms. The Balaban J connectivity index is 1.58. The predicted molar refractivity (Wildman–Crippen MR) is 284 cm³/mol. The van der Waals surface area contributed by atoms with Crippen molar-refractivity contribution in [1.82, 2.24) is 47.0 Å². The Morgan fingerprint density at radius 1 is 0.453 bits per heavy atom. The lowest BCUT2D eigenvalue weighted by atomic mass is 9.99. The third-order valence-corrected chi connectivity index (χ3v) is 14.1. The molecule has 5 rings (SSSR count). The Morgan fingerprint density at radius 3 is 1.17 bits per heavy atom. The van der Waals surface area contributed by atoms with Crippen LogP contribution in [0.4, 0.5) is 0 Å². The molecular formula is C55H83N11O9. The highest BCUT2D eigenvalue weighted by molar-refractivity contribution is 5.99. The monoisotopic (exact) mass is 1040 g/mol. The van der Waals surface area contributed by atoms with Crippen LogP contribution in [-0.2, 0) is 56.0 Å². The number of amides is 9. The number of hydrogen-bond donors (Lipinski definition) is 9. The largest absolute Gasteiger partial charge is 0.343 e. The summed E-state index contributed by atoms with van der Waals surface area (Å²) in [6, 6.07) is 7.89. The number of nitrogens with one attached hydrogen (secondary N) is 7. The normalized spacial score (nSPS) is 26.4. The van der Waals surface area contributed by atoms with E-state index < -0.39 is 113 Å². The van der Waals surface area contributed by atoms with Gasteiger partial charge in [0.15, 0.2) is 0 Å². The van der Waals surface area contributed by atoms with E-state index in [2.05, 4.69) is 37.2 Å². The van der Waals surface area contributed by atoms with Gasteiger partial charge < -0.3 is 58.5 Å². The molecule has 0 radical (unpaired) electrons. The topological polar surface area (TPSA) is 296 Å². The molecule has 3 aliphatic rings.